The molecule has 14 heteroatoms. The van der Waals surface area contributed by atoms with E-state index in [1.54, 1.807) is 24.3 Å². The van der Waals surface area contributed by atoms with Crippen molar-refractivity contribution in [1.29, 1.82) is 0 Å². The first kappa shape index (κ1) is 28.8. The summed E-state index contributed by atoms with van der Waals surface area (Å²) in [5, 5.41) is 25.5. The fourth-order valence-electron chi connectivity index (χ4n) is 6.18. The number of aromatic nitrogens is 2. The molecule has 6 atom stereocenters. The van der Waals surface area contributed by atoms with Gasteiger partial charge in [-0.05, 0) is 22.3 Å². The van der Waals surface area contributed by atoms with Crippen LogP contribution in [0.5, 0.6) is 0 Å². The number of hydrogen-bond acceptors (Lipinski definition) is 10. The largest absolute Gasteiger partial charge is 0.307 e. The third kappa shape index (κ3) is 5.01. The van der Waals surface area contributed by atoms with E-state index in [9.17, 15) is 29.8 Å². The molecule has 7 rings (SSSR count). The lowest BCUT2D eigenvalue weighted by Gasteiger charge is -2.33. The minimum atomic E-state index is -1.06. The van der Waals surface area contributed by atoms with Crippen LogP contribution < -0.4 is 9.75 Å². The van der Waals surface area contributed by atoms with Crippen LogP contribution in [0, 0.1) is 20.2 Å². The minimum absolute atomic E-state index is 0.272. The number of nitro groups is 2. The standard InChI is InChI=1S/C30H22N4O6S4/c35-29-31-27-25(43-29)19(21(33(37)38)23(41-27)17-7-3-1-4-8-17)15-11-13-16(14-12-15)20-22(34(39)40)24(18-9-5-2-6-10-18)42-28-26(20)44-30(36)32-28/h1-14,19-24H,(H,31,35)(H,32,36). The maximum Gasteiger partial charge on any atom is 0.305 e. The van der Waals surface area contributed by atoms with Crippen LogP contribution in [0.4, 0.5) is 0 Å². The Labute approximate surface area is 265 Å². The SMILES string of the molecule is O=c1[nH]c2c(s1)C(c1ccc(C3c4sc(=O)[nH]c4SC(c4ccccc4)C3[N+](=O)[O-])cc1)C([N+](=O)[O-])C(c1ccccc1)S2. The van der Waals surface area contributed by atoms with Gasteiger partial charge in [0, 0.05) is 9.85 Å². The first-order chi connectivity index (χ1) is 21.3. The van der Waals surface area contributed by atoms with Gasteiger partial charge in [0.2, 0.25) is 12.1 Å². The van der Waals surface area contributed by atoms with Gasteiger partial charge in [0.05, 0.1) is 31.6 Å². The quantitative estimate of drug-likeness (QED) is 0.156. The van der Waals surface area contributed by atoms with E-state index in [4.69, 9.17) is 0 Å². The van der Waals surface area contributed by atoms with Crippen molar-refractivity contribution in [2.75, 3.05) is 0 Å². The van der Waals surface area contributed by atoms with Crippen molar-refractivity contribution in [3.8, 4) is 0 Å². The van der Waals surface area contributed by atoms with E-state index in [1.165, 1.54) is 23.5 Å². The van der Waals surface area contributed by atoms with Gasteiger partial charge in [-0.3, -0.25) is 29.8 Å². The van der Waals surface area contributed by atoms with Crippen LogP contribution in [0.1, 0.15) is 54.3 Å². The van der Waals surface area contributed by atoms with Crippen LogP contribution in [0.15, 0.2) is 105 Å². The Morgan fingerprint density at radius 2 is 0.909 bits per heavy atom. The number of fused-ring (bicyclic) bond motifs is 2. The molecule has 2 aromatic heterocycles. The van der Waals surface area contributed by atoms with Gasteiger partial charge in [-0.15, -0.1) is 0 Å². The Morgan fingerprint density at radius 3 is 1.25 bits per heavy atom. The molecule has 0 spiro atoms. The van der Waals surface area contributed by atoms with Crippen LogP contribution in [-0.4, -0.2) is 31.9 Å². The van der Waals surface area contributed by atoms with Crippen LogP contribution >= 0.6 is 46.2 Å². The summed E-state index contributed by atoms with van der Waals surface area (Å²) in [6.07, 6.45) is 0. The number of benzene rings is 3. The van der Waals surface area contributed by atoms with Crippen molar-refractivity contribution < 1.29 is 9.85 Å². The Hall–Kier alpha value is -3.98. The normalized spacial score (nSPS) is 24.3. The first-order valence-electron chi connectivity index (χ1n) is 13.6. The zero-order chi connectivity index (χ0) is 30.5. The number of nitrogens with one attached hydrogen (secondary N) is 2. The second-order valence-electron chi connectivity index (χ2n) is 10.5. The van der Waals surface area contributed by atoms with Gasteiger partial charge in [0.15, 0.2) is 0 Å². The van der Waals surface area contributed by atoms with Crippen molar-refractivity contribution in [2.24, 2.45) is 0 Å². The van der Waals surface area contributed by atoms with Gasteiger partial charge < -0.3 is 9.97 Å². The maximum atomic E-state index is 12.7. The Balaban J connectivity index is 1.33. The highest BCUT2D eigenvalue weighted by Gasteiger charge is 2.50. The lowest BCUT2D eigenvalue weighted by atomic mass is 9.82. The second-order valence-corrected chi connectivity index (χ2v) is 14.8. The number of aromatic amines is 2. The summed E-state index contributed by atoms with van der Waals surface area (Å²) in [4.78, 5) is 56.1. The number of H-pyrrole nitrogens is 2. The van der Waals surface area contributed by atoms with Crippen molar-refractivity contribution in [1.82, 2.24) is 9.97 Å². The predicted molar refractivity (Wildman–Crippen MR) is 172 cm³/mol. The zero-order valence-electron chi connectivity index (χ0n) is 22.5. The smallest absolute Gasteiger partial charge is 0.305 e. The average Bonchev–Trinajstić information content (AvgIpc) is 3.60. The monoisotopic (exact) mass is 662 g/mol. The topological polar surface area (TPSA) is 152 Å². The summed E-state index contributed by atoms with van der Waals surface area (Å²) in [5.74, 6) is -1.43. The van der Waals surface area contributed by atoms with Crippen molar-refractivity contribution >= 4 is 46.2 Å². The van der Waals surface area contributed by atoms with E-state index in [1.807, 2.05) is 60.7 Å². The van der Waals surface area contributed by atoms with E-state index in [0.29, 0.717) is 30.9 Å². The molecule has 2 N–H and O–H groups in total. The third-order valence-corrected chi connectivity index (χ3v) is 13.0. The molecular weight excluding hydrogens is 641 g/mol. The molecule has 10 nitrogen and oxygen atoms in total. The molecule has 222 valence electrons. The van der Waals surface area contributed by atoms with Crippen LogP contribution in [-0.2, 0) is 0 Å². The first-order valence-corrected chi connectivity index (χ1v) is 17.0. The minimum Gasteiger partial charge on any atom is -0.307 e. The fraction of sp³-hybridized carbons (Fsp3) is 0.200. The number of rotatable bonds is 6. The summed E-state index contributed by atoms with van der Waals surface area (Å²) >= 11 is 4.53. The van der Waals surface area contributed by atoms with Crippen LogP contribution in [0.2, 0.25) is 0 Å². The van der Waals surface area contributed by atoms with Gasteiger partial charge in [0.1, 0.15) is 10.5 Å². The fourth-order valence-corrected chi connectivity index (χ4v) is 11.3. The molecule has 0 amide bonds. The summed E-state index contributed by atoms with van der Waals surface area (Å²) in [6.45, 7) is 0. The molecule has 44 heavy (non-hydrogen) atoms. The Bertz CT molecular complexity index is 1830. The van der Waals surface area contributed by atoms with Gasteiger partial charge in [0.25, 0.3) is 0 Å². The zero-order valence-corrected chi connectivity index (χ0v) is 25.8. The highest BCUT2D eigenvalue weighted by atomic mass is 32.2. The van der Waals surface area contributed by atoms with Crippen molar-refractivity contribution in [3.63, 3.8) is 0 Å². The summed E-state index contributed by atoms with van der Waals surface area (Å²) in [5.41, 5.74) is 2.85. The molecule has 6 unspecified atom stereocenters. The van der Waals surface area contributed by atoms with Gasteiger partial charge >= 0.3 is 9.75 Å². The number of hydrogen-bond donors (Lipinski definition) is 2. The van der Waals surface area contributed by atoms with Crippen LogP contribution in [0.25, 0.3) is 0 Å². The molecule has 2 aliphatic rings. The molecule has 5 aromatic rings. The molecule has 3 aromatic carbocycles. The number of thiazole rings is 2. The molecule has 4 heterocycles. The van der Waals surface area contributed by atoms with E-state index >= 15 is 0 Å². The summed E-state index contributed by atoms with van der Waals surface area (Å²) in [7, 11) is 0. The van der Waals surface area contributed by atoms with Crippen molar-refractivity contribution in [2.45, 2.75) is 44.5 Å². The summed E-state index contributed by atoms with van der Waals surface area (Å²) < 4.78 is 0. The third-order valence-electron chi connectivity index (χ3n) is 8.04. The second kappa shape index (κ2) is 11.5. The highest BCUT2D eigenvalue weighted by molar-refractivity contribution is 8.00. The van der Waals surface area contributed by atoms with E-state index in [-0.39, 0.29) is 19.6 Å². The van der Waals surface area contributed by atoms with Gasteiger partial charge in [-0.2, -0.15) is 0 Å². The van der Waals surface area contributed by atoms with E-state index in [2.05, 4.69) is 9.97 Å². The molecule has 2 aliphatic heterocycles. The van der Waals surface area contributed by atoms with Gasteiger partial charge in [-0.25, -0.2) is 0 Å². The van der Waals surface area contributed by atoms with E-state index < -0.39 is 34.4 Å². The van der Waals surface area contributed by atoms with E-state index in [0.717, 1.165) is 33.8 Å². The molecule has 0 bridgehead atoms. The highest BCUT2D eigenvalue weighted by Crippen LogP contribution is 2.55. The lowest BCUT2D eigenvalue weighted by Crippen LogP contribution is -2.36. The molecular formula is C30H22N4O6S4. The molecule has 0 saturated carbocycles. The molecule has 0 radical (unpaired) electrons. The molecule has 0 aliphatic carbocycles. The molecule has 0 saturated heterocycles. The van der Waals surface area contributed by atoms with Crippen LogP contribution in [0.3, 0.4) is 0 Å². The number of thioether (sulfide) groups is 2. The molecule has 0 fully saturated rings. The lowest BCUT2D eigenvalue weighted by molar-refractivity contribution is -0.525. The van der Waals surface area contributed by atoms with Gasteiger partial charge in [-0.1, -0.05) is 131 Å². The average molecular weight is 663 g/mol. The summed E-state index contributed by atoms with van der Waals surface area (Å²) in [6, 6.07) is 23.4. The Kier molecular flexibility index (Phi) is 7.52. The maximum absolute atomic E-state index is 12.7. The Morgan fingerprint density at radius 1 is 0.545 bits per heavy atom. The predicted octanol–water partition coefficient (Wildman–Crippen LogP) is 6.43. The number of nitrogens with zero attached hydrogens (tertiary/aromatic N) is 2. The van der Waals surface area contributed by atoms with Crippen molar-refractivity contribution in [3.05, 3.63) is 157 Å².